The van der Waals surface area contributed by atoms with E-state index in [1.807, 2.05) is 0 Å². The monoisotopic (exact) mass is 236 g/mol. The molecule has 1 unspecified atom stereocenters. The van der Waals surface area contributed by atoms with Gasteiger partial charge in [0.2, 0.25) is 0 Å². The first-order chi connectivity index (χ1) is 7.72. The Hall–Kier alpha value is -1.89. The zero-order valence-corrected chi connectivity index (χ0v) is 8.94. The van der Waals surface area contributed by atoms with Crippen LogP contribution in [0, 0.1) is 0 Å². The molecule has 0 aromatic carbocycles. The third-order valence-corrected chi connectivity index (χ3v) is 3.07. The lowest BCUT2D eigenvalue weighted by atomic mass is 10.4. The summed E-state index contributed by atoms with van der Waals surface area (Å²) in [5, 5.41) is 8.71. The summed E-state index contributed by atoms with van der Waals surface area (Å²) in [7, 11) is 0. The van der Waals surface area contributed by atoms with Gasteiger partial charge in [0.1, 0.15) is 22.1 Å². The highest BCUT2D eigenvalue weighted by atomic mass is 32.2. The van der Waals surface area contributed by atoms with Gasteiger partial charge in [-0.2, -0.15) is 0 Å². The summed E-state index contributed by atoms with van der Waals surface area (Å²) in [6.07, 6.45) is 4.21. The molecule has 0 aliphatic carbocycles. The molecule has 0 amide bonds. The molecule has 0 aliphatic rings. The highest BCUT2D eigenvalue weighted by Crippen LogP contribution is 2.26. The fourth-order valence-electron chi connectivity index (χ4n) is 1.15. The molecule has 2 aromatic heterocycles. The minimum Gasteiger partial charge on any atom is -0.480 e. The van der Waals surface area contributed by atoms with Crippen molar-refractivity contribution in [1.82, 2.24) is 19.9 Å². The van der Waals surface area contributed by atoms with Crippen LogP contribution in [0.5, 0.6) is 0 Å². The normalized spacial score (nSPS) is 12.5. The van der Waals surface area contributed by atoms with Crippen LogP contribution >= 0.6 is 11.8 Å². The SMILES string of the molecule is C=CC(Sc1ncnc2nc[nH]c12)C(=O)O. The number of fused-ring (bicyclic) bond motifs is 1. The molecule has 0 bridgehead atoms. The smallest absolute Gasteiger partial charge is 0.320 e. The van der Waals surface area contributed by atoms with Crippen LogP contribution in [0.15, 0.2) is 30.3 Å². The quantitative estimate of drug-likeness (QED) is 0.469. The highest BCUT2D eigenvalue weighted by Gasteiger charge is 2.17. The van der Waals surface area contributed by atoms with E-state index in [4.69, 9.17) is 5.11 Å². The number of carboxylic acid groups (broad SMARTS) is 1. The first-order valence-electron chi connectivity index (χ1n) is 4.38. The molecular weight excluding hydrogens is 228 g/mol. The average Bonchev–Trinajstić information content (AvgIpc) is 2.73. The lowest BCUT2D eigenvalue weighted by molar-refractivity contribution is -0.135. The van der Waals surface area contributed by atoms with Crippen molar-refractivity contribution in [2.45, 2.75) is 10.3 Å². The Morgan fingerprint density at radius 3 is 3.06 bits per heavy atom. The zero-order valence-electron chi connectivity index (χ0n) is 8.12. The number of aromatic amines is 1. The third-order valence-electron chi connectivity index (χ3n) is 1.88. The number of imidazole rings is 1. The molecule has 16 heavy (non-hydrogen) atoms. The van der Waals surface area contributed by atoms with Gasteiger partial charge >= 0.3 is 5.97 Å². The number of thioether (sulfide) groups is 1. The van der Waals surface area contributed by atoms with Gasteiger partial charge in [-0.1, -0.05) is 17.8 Å². The molecule has 1 atom stereocenters. The standard InChI is InChI=1S/C9H8N4O2S/c1-2-5(9(14)15)16-8-6-7(11-3-10-6)12-4-13-8/h2-5H,1H2,(H,14,15)(H,10,11,12,13). The van der Waals surface area contributed by atoms with Crippen molar-refractivity contribution in [2.75, 3.05) is 0 Å². The Kier molecular flexibility index (Phi) is 2.86. The number of carbonyl (C=O) groups is 1. The number of nitrogens with zero attached hydrogens (tertiary/aromatic N) is 3. The Morgan fingerprint density at radius 2 is 2.38 bits per heavy atom. The maximum absolute atomic E-state index is 10.8. The molecule has 7 heteroatoms. The van der Waals surface area contributed by atoms with E-state index in [0.29, 0.717) is 16.2 Å². The summed E-state index contributed by atoms with van der Waals surface area (Å²) >= 11 is 1.09. The van der Waals surface area contributed by atoms with Crippen molar-refractivity contribution >= 4 is 28.9 Å². The van der Waals surface area contributed by atoms with E-state index < -0.39 is 11.2 Å². The lowest BCUT2D eigenvalue weighted by Gasteiger charge is -2.05. The number of aliphatic carboxylic acids is 1. The second-order valence-corrected chi connectivity index (χ2v) is 4.02. The second kappa shape index (κ2) is 4.31. The van der Waals surface area contributed by atoms with Gasteiger partial charge in [-0.25, -0.2) is 15.0 Å². The van der Waals surface area contributed by atoms with Crippen molar-refractivity contribution in [1.29, 1.82) is 0 Å². The Bertz CT molecular complexity index is 539. The predicted octanol–water partition coefficient (Wildman–Crippen LogP) is 1.08. The predicted molar refractivity (Wildman–Crippen MR) is 59.2 cm³/mol. The van der Waals surface area contributed by atoms with Crippen molar-refractivity contribution in [3.63, 3.8) is 0 Å². The third kappa shape index (κ3) is 1.89. The summed E-state index contributed by atoms with van der Waals surface area (Å²) in [6, 6.07) is 0. The molecule has 2 heterocycles. The van der Waals surface area contributed by atoms with Gasteiger partial charge in [0.15, 0.2) is 5.65 Å². The van der Waals surface area contributed by atoms with E-state index in [1.165, 1.54) is 18.7 Å². The maximum atomic E-state index is 10.8. The van der Waals surface area contributed by atoms with Gasteiger partial charge in [-0.3, -0.25) is 4.79 Å². The van der Waals surface area contributed by atoms with E-state index in [9.17, 15) is 4.79 Å². The molecule has 0 saturated heterocycles. The van der Waals surface area contributed by atoms with E-state index in [1.54, 1.807) is 0 Å². The topological polar surface area (TPSA) is 91.8 Å². The summed E-state index contributed by atoms with van der Waals surface area (Å²) in [6.45, 7) is 3.48. The van der Waals surface area contributed by atoms with Crippen LogP contribution in [-0.2, 0) is 4.79 Å². The zero-order chi connectivity index (χ0) is 11.5. The highest BCUT2D eigenvalue weighted by molar-refractivity contribution is 8.00. The van der Waals surface area contributed by atoms with Gasteiger partial charge in [0.25, 0.3) is 0 Å². The molecule has 0 aliphatic heterocycles. The van der Waals surface area contributed by atoms with Gasteiger partial charge in [-0.05, 0) is 0 Å². The van der Waals surface area contributed by atoms with Gasteiger partial charge < -0.3 is 10.1 Å². The van der Waals surface area contributed by atoms with Gasteiger partial charge in [0, 0.05) is 0 Å². The van der Waals surface area contributed by atoms with Crippen LogP contribution < -0.4 is 0 Å². The molecule has 2 N–H and O–H groups in total. The molecular formula is C9H8N4O2S. The molecule has 82 valence electrons. The van der Waals surface area contributed by atoms with E-state index in [0.717, 1.165) is 11.8 Å². The minimum atomic E-state index is -0.953. The van der Waals surface area contributed by atoms with Crippen molar-refractivity contribution < 1.29 is 9.90 Å². The van der Waals surface area contributed by atoms with Crippen molar-refractivity contribution in [2.24, 2.45) is 0 Å². The number of hydrogen-bond acceptors (Lipinski definition) is 5. The number of H-pyrrole nitrogens is 1. The van der Waals surface area contributed by atoms with Crippen molar-refractivity contribution in [3.8, 4) is 0 Å². The van der Waals surface area contributed by atoms with E-state index in [-0.39, 0.29) is 0 Å². The first kappa shape index (κ1) is 10.6. The van der Waals surface area contributed by atoms with Crippen LogP contribution in [0.25, 0.3) is 11.2 Å². The summed E-state index contributed by atoms with van der Waals surface area (Å²) in [5.41, 5.74) is 1.16. The van der Waals surface area contributed by atoms with Crippen molar-refractivity contribution in [3.05, 3.63) is 25.3 Å². The first-order valence-corrected chi connectivity index (χ1v) is 5.26. The summed E-state index contributed by atoms with van der Waals surface area (Å²) < 4.78 is 0. The van der Waals surface area contributed by atoms with Crippen LogP contribution in [0.1, 0.15) is 0 Å². The molecule has 0 spiro atoms. The Labute approximate surface area is 94.8 Å². The van der Waals surface area contributed by atoms with Gasteiger partial charge in [-0.15, -0.1) is 6.58 Å². The average molecular weight is 236 g/mol. The molecule has 0 fully saturated rings. The largest absolute Gasteiger partial charge is 0.480 e. The second-order valence-electron chi connectivity index (χ2n) is 2.89. The van der Waals surface area contributed by atoms with Crippen LogP contribution in [0.3, 0.4) is 0 Å². The summed E-state index contributed by atoms with van der Waals surface area (Å²) in [4.78, 5) is 25.6. The van der Waals surface area contributed by atoms with E-state index >= 15 is 0 Å². The lowest BCUT2D eigenvalue weighted by Crippen LogP contribution is -2.13. The Morgan fingerprint density at radius 1 is 1.56 bits per heavy atom. The van der Waals surface area contributed by atoms with E-state index in [2.05, 4.69) is 26.5 Å². The molecule has 6 nitrogen and oxygen atoms in total. The number of carboxylic acids is 1. The number of aromatic nitrogens is 4. The number of nitrogens with one attached hydrogen (secondary N) is 1. The fourth-order valence-corrected chi connectivity index (χ4v) is 1.97. The molecule has 2 rings (SSSR count). The van der Waals surface area contributed by atoms with Crippen LogP contribution in [0.2, 0.25) is 0 Å². The minimum absolute atomic E-state index is 0.519. The van der Waals surface area contributed by atoms with Gasteiger partial charge in [0.05, 0.1) is 6.33 Å². The molecule has 2 aromatic rings. The maximum Gasteiger partial charge on any atom is 0.320 e. The van der Waals surface area contributed by atoms with Crippen LogP contribution in [-0.4, -0.2) is 36.3 Å². The molecule has 0 radical (unpaired) electrons. The molecule has 0 saturated carbocycles. The number of hydrogen-bond donors (Lipinski definition) is 2. The number of rotatable bonds is 4. The fraction of sp³-hybridized carbons (Fsp3) is 0.111. The summed E-state index contributed by atoms with van der Waals surface area (Å²) in [5.74, 6) is -0.953. The Balaban J connectivity index is 2.36. The van der Waals surface area contributed by atoms with Crippen LogP contribution in [0.4, 0.5) is 0 Å².